The van der Waals surface area contributed by atoms with E-state index in [4.69, 9.17) is 4.42 Å². The molecule has 0 radical (unpaired) electrons. The lowest BCUT2D eigenvalue weighted by Crippen LogP contribution is -2.23. The molecule has 0 aliphatic heterocycles. The SMILES string of the molecule is Cn1nc(C(=O)Nc2ccc3nc(C4CC4)oc3c2)ccc1=O. The first kappa shape index (κ1) is 13.7. The molecule has 2 heterocycles. The molecule has 1 aromatic carbocycles. The van der Waals surface area contributed by atoms with Gasteiger partial charge in [0.05, 0.1) is 0 Å². The molecule has 1 N–H and O–H groups in total. The number of hydrogen-bond donors (Lipinski definition) is 1. The summed E-state index contributed by atoms with van der Waals surface area (Å²) in [6.07, 6.45) is 2.24. The summed E-state index contributed by atoms with van der Waals surface area (Å²) in [5.41, 5.74) is 1.93. The molecule has 0 saturated heterocycles. The highest BCUT2D eigenvalue weighted by Crippen LogP contribution is 2.40. The van der Waals surface area contributed by atoms with Gasteiger partial charge < -0.3 is 9.73 Å². The first-order valence-electron chi connectivity index (χ1n) is 7.36. The minimum Gasteiger partial charge on any atom is -0.440 e. The number of carbonyl (C=O) groups excluding carboxylic acids is 1. The van der Waals surface area contributed by atoms with Crippen molar-refractivity contribution in [3.05, 3.63) is 52.3 Å². The second-order valence-corrected chi connectivity index (χ2v) is 5.64. The molecule has 1 saturated carbocycles. The van der Waals surface area contributed by atoms with Crippen molar-refractivity contribution in [2.24, 2.45) is 7.05 Å². The van der Waals surface area contributed by atoms with Gasteiger partial charge in [0.25, 0.3) is 11.5 Å². The second-order valence-electron chi connectivity index (χ2n) is 5.64. The molecule has 0 atom stereocenters. The molecule has 2 aromatic heterocycles. The van der Waals surface area contributed by atoms with Crippen molar-refractivity contribution in [1.82, 2.24) is 14.8 Å². The zero-order valence-corrected chi connectivity index (χ0v) is 12.4. The fourth-order valence-corrected chi connectivity index (χ4v) is 2.34. The molecule has 1 fully saturated rings. The topological polar surface area (TPSA) is 90.0 Å². The summed E-state index contributed by atoms with van der Waals surface area (Å²) in [7, 11) is 1.50. The van der Waals surface area contributed by atoms with Gasteiger partial charge in [-0.05, 0) is 31.0 Å². The summed E-state index contributed by atoms with van der Waals surface area (Å²) in [6.45, 7) is 0. The van der Waals surface area contributed by atoms with Crippen LogP contribution in [0.4, 0.5) is 5.69 Å². The molecule has 0 bridgehead atoms. The monoisotopic (exact) mass is 310 g/mol. The molecule has 23 heavy (non-hydrogen) atoms. The molecule has 1 aliphatic rings. The van der Waals surface area contributed by atoms with E-state index in [9.17, 15) is 9.59 Å². The van der Waals surface area contributed by atoms with Crippen LogP contribution in [-0.4, -0.2) is 20.7 Å². The highest BCUT2D eigenvalue weighted by atomic mass is 16.3. The van der Waals surface area contributed by atoms with Crippen LogP contribution in [0.3, 0.4) is 0 Å². The van der Waals surface area contributed by atoms with E-state index in [0.717, 1.165) is 28.9 Å². The summed E-state index contributed by atoms with van der Waals surface area (Å²) in [5.74, 6) is 0.820. The summed E-state index contributed by atoms with van der Waals surface area (Å²) in [4.78, 5) is 28.0. The third-order valence-corrected chi connectivity index (χ3v) is 3.78. The predicted molar refractivity (Wildman–Crippen MR) is 83.4 cm³/mol. The molecule has 3 aromatic rings. The van der Waals surface area contributed by atoms with Crippen molar-refractivity contribution in [2.45, 2.75) is 18.8 Å². The maximum absolute atomic E-state index is 12.2. The van der Waals surface area contributed by atoms with Crippen LogP contribution in [0.15, 0.2) is 39.5 Å². The van der Waals surface area contributed by atoms with E-state index in [1.807, 2.05) is 6.07 Å². The van der Waals surface area contributed by atoms with Gasteiger partial charge in [0.2, 0.25) is 0 Å². The minimum atomic E-state index is -0.387. The van der Waals surface area contributed by atoms with E-state index in [-0.39, 0.29) is 17.2 Å². The maximum atomic E-state index is 12.2. The van der Waals surface area contributed by atoms with Gasteiger partial charge in [-0.1, -0.05) is 0 Å². The number of rotatable bonds is 3. The predicted octanol–water partition coefficient (Wildman–Crippen LogP) is 2.05. The first-order chi connectivity index (χ1) is 11.1. The maximum Gasteiger partial charge on any atom is 0.276 e. The fourth-order valence-electron chi connectivity index (χ4n) is 2.34. The van der Waals surface area contributed by atoms with Gasteiger partial charge in [-0.25, -0.2) is 9.67 Å². The van der Waals surface area contributed by atoms with Crippen LogP contribution in [0.1, 0.15) is 35.1 Å². The number of nitrogens with one attached hydrogen (secondary N) is 1. The normalized spacial score (nSPS) is 14.1. The number of carbonyl (C=O) groups is 1. The van der Waals surface area contributed by atoms with Crippen molar-refractivity contribution in [3.63, 3.8) is 0 Å². The third kappa shape index (κ3) is 2.61. The standard InChI is InChI=1S/C16H14N4O3/c1-20-14(21)7-6-12(19-20)15(22)17-10-4-5-11-13(8-10)23-16(18-11)9-2-3-9/h4-9H,2-3H2,1H3,(H,17,22). The average Bonchev–Trinajstić information content (AvgIpc) is 3.30. The minimum absolute atomic E-state index is 0.170. The van der Waals surface area contributed by atoms with Crippen LogP contribution in [0.25, 0.3) is 11.1 Å². The first-order valence-corrected chi connectivity index (χ1v) is 7.36. The van der Waals surface area contributed by atoms with Crippen LogP contribution in [0.5, 0.6) is 0 Å². The van der Waals surface area contributed by atoms with E-state index in [0.29, 0.717) is 17.2 Å². The number of hydrogen-bond acceptors (Lipinski definition) is 5. The fraction of sp³-hybridized carbons (Fsp3) is 0.250. The van der Waals surface area contributed by atoms with Crippen molar-refractivity contribution >= 4 is 22.7 Å². The van der Waals surface area contributed by atoms with Crippen molar-refractivity contribution in [3.8, 4) is 0 Å². The van der Waals surface area contributed by atoms with Crippen LogP contribution in [0, 0.1) is 0 Å². The molecule has 4 rings (SSSR count). The number of benzene rings is 1. The molecule has 1 aliphatic carbocycles. The summed E-state index contributed by atoms with van der Waals surface area (Å²) >= 11 is 0. The summed E-state index contributed by atoms with van der Waals surface area (Å²) in [6, 6.07) is 8.03. The Morgan fingerprint density at radius 3 is 2.87 bits per heavy atom. The average molecular weight is 310 g/mol. The highest BCUT2D eigenvalue weighted by Gasteiger charge is 2.28. The molecular formula is C16H14N4O3. The van der Waals surface area contributed by atoms with Gasteiger partial charge >= 0.3 is 0 Å². The van der Waals surface area contributed by atoms with Crippen LogP contribution < -0.4 is 10.9 Å². The van der Waals surface area contributed by atoms with Crippen molar-refractivity contribution in [1.29, 1.82) is 0 Å². The smallest absolute Gasteiger partial charge is 0.276 e. The van der Waals surface area contributed by atoms with E-state index >= 15 is 0 Å². The number of oxazole rings is 1. The van der Waals surface area contributed by atoms with E-state index < -0.39 is 0 Å². The molecule has 0 spiro atoms. The molecular weight excluding hydrogens is 296 g/mol. The van der Waals surface area contributed by atoms with Crippen LogP contribution in [-0.2, 0) is 7.05 Å². The van der Waals surface area contributed by atoms with Crippen molar-refractivity contribution in [2.75, 3.05) is 5.32 Å². The van der Waals surface area contributed by atoms with Gasteiger partial charge in [0.1, 0.15) is 11.2 Å². The lowest BCUT2D eigenvalue weighted by atomic mass is 10.2. The van der Waals surface area contributed by atoms with E-state index in [1.54, 1.807) is 12.1 Å². The Kier molecular flexibility index (Phi) is 3.00. The second kappa shape index (κ2) is 5.05. The third-order valence-electron chi connectivity index (χ3n) is 3.78. The Morgan fingerprint density at radius 1 is 1.30 bits per heavy atom. The number of amides is 1. The van der Waals surface area contributed by atoms with Crippen LogP contribution >= 0.6 is 0 Å². The number of aromatic nitrogens is 3. The highest BCUT2D eigenvalue weighted by molar-refractivity contribution is 6.03. The van der Waals surface area contributed by atoms with Crippen molar-refractivity contribution < 1.29 is 9.21 Å². The zero-order valence-electron chi connectivity index (χ0n) is 12.4. The quantitative estimate of drug-likeness (QED) is 0.799. The van der Waals surface area contributed by atoms with Gasteiger partial charge in [0, 0.05) is 30.8 Å². The summed E-state index contributed by atoms with van der Waals surface area (Å²) in [5, 5.41) is 6.67. The Hall–Kier alpha value is -2.96. The Bertz CT molecular complexity index is 969. The van der Waals surface area contributed by atoms with Gasteiger partial charge in [0.15, 0.2) is 11.5 Å². The van der Waals surface area contributed by atoms with Gasteiger partial charge in [-0.2, -0.15) is 5.10 Å². The Labute approximate surface area is 130 Å². The number of nitrogens with zero attached hydrogens (tertiary/aromatic N) is 3. The largest absolute Gasteiger partial charge is 0.440 e. The van der Waals surface area contributed by atoms with Crippen LogP contribution in [0.2, 0.25) is 0 Å². The lowest BCUT2D eigenvalue weighted by Gasteiger charge is -2.05. The van der Waals surface area contributed by atoms with E-state index in [2.05, 4.69) is 15.4 Å². The Balaban J connectivity index is 1.59. The molecule has 7 heteroatoms. The number of anilines is 1. The molecule has 0 unspecified atom stereocenters. The zero-order chi connectivity index (χ0) is 16.0. The molecule has 116 valence electrons. The summed E-state index contributed by atoms with van der Waals surface area (Å²) < 4.78 is 6.85. The molecule has 1 amide bonds. The van der Waals surface area contributed by atoms with Gasteiger partial charge in [-0.3, -0.25) is 9.59 Å². The number of fused-ring (bicyclic) bond motifs is 1. The van der Waals surface area contributed by atoms with Gasteiger partial charge in [-0.15, -0.1) is 0 Å². The van der Waals surface area contributed by atoms with E-state index in [1.165, 1.54) is 19.2 Å². The lowest BCUT2D eigenvalue weighted by molar-refractivity contribution is 0.102. The number of aryl methyl sites for hydroxylation is 1. The molecule has 7 nitrogen and oxygen atoms in total. The Morgan fingerprint density at radius 2 is 2.13 bits per heavy atom.